The molecular weight excluding hydrogens is 131 g/mol. The van der Waals surface area contributed by atoms with Crippen LogP contribution in [0.5, 0.6) is 0 Å². The van der Waals surface area contributed by atoms with Gasteiger partial charge in [-0.05, 0) is 13.3 Å². The molecule has 45 valence electrons. The van der Waals surface area contributed by atoms with Crippen LogP contribution in [0.25, 0.3) is 0 Å². The van der Waals surface area contributed by atoms with Gasteiger partial charge < -0.3 is 10.6 Å². The summed E-state index contributed by atoms with van der Waals surface area (Å²) < 4.78 is 0. The van der Waals surface area contributed by atoms with Crippen molar-refractivity contribution in [2.75, 3.05) is 0 Å². The average Bonchev–Trinajstić information content (AvgIpc) is 1.38. The van der Waals surface area contributed by atoms with Gasteiger partial charge in [-0.3, -0.25) is 0 Å². The third kappa shape index (κ3) is 21.0. The van der Waals surface area contributed by atoms with Gasteiger partial charge in [-0.2, -0.15) is 0 Å². The van der Waals surface area contributed by atoms with Crippen LogP contribution >= 0.6 is 0 Å². The fourth-order valence-electron chi connectivity index (χ4n) is 0. The molecule has 0 amide bonds. The molecule has 0 fully saturated rings. The Bertz CT molecular complexity index is 23.7. The minimum absolute atomic E-state index is 0. The maximum Gasteiger partial charge on any atom is 0.0509 e. The molecule has 0 aliphatic rings. The van der Waals surface area contributed by atoms with E-state index in [1.807, 2.05) is 6.92 Å². The summed E-state index contributed by atoms with van der Waals surface area (Å²) in [7, 11) is 0. The summed E-state index contributed by atoms with van der Waals surface area (Å²) in [5.41, 5.74) is 0. The van der Waals surface area contributed by atoms with E-state index in [2.05, 4.69) is 0 Å². The first-order chi connectivity index (χ1) is 2.27. The molecule has 0 aromatic carbocycles. The van der Waals surface area contributed by atoms with Crippen LogP contribution in [0.15, 0.2) is 0 Å². The van der Waals surface area contributed by atoms with Crippen molar-refractivity contribution in [3.63, 3.8) is 0 Å². The van der Waals surface area contributed by atoms with Crippen LogP contribution in [0.1, 0.15) is 20.3 Å². The van der Waals surface area contributed by atoms with Crippen LogP contribution in [0.4, 0.5) is 0 Å². The van der Waals surface area contributed by atoms with Crippen molar-refractivity contribution in [2.24, 2.45) is 0 Å². The molecule has 3 heteroatoms. The number of aliphatic hydroxyl groups is 1. The summed E-state index contributed by atoms with van der Waals surface area (Å²) in [5, 5.41) is 8.36. The van der Waals surface area contributed by atoms with E-state index in [-0.39, 0.29) is 30.1 Å². The smallest absolute Gasteiger partial charge is 0.0509 e. The van der Waals surface area contributed by atoms with Crippen LogP contribution in [-0.4, -0.2) is 16.7 Å². The quantitative estimate of drug-likeness (QED) is 0.549. The zero-order valence-electron chi connectivity index (χ0n) is 4.68. The van der Waals surface area contributed by atoms with Crippen molar-refractivity contribution in [2.45, 2.75) is 26.4 Å². The maximum absolute atomic E-state index is 8.36. The molecule has 0 aromatic rings. The molecule has 1 radical (unpaired) electrons. The molecule has 0 spiro atoms. The van der Waals surface area contributed by atoms with Gasteiger partial charge in [-0.15, -0.1) is 0 Å². The first-order valence-corrected chi connectivity index (χ1v) is 1.95. The molecule has 1 unspecified atom stereocenters. The van der Waals surface area contributed by atoms with Gasteiger partial charge >= 0.3 is 0 Å². The summed E-state index contributed by atoms with van der Waals surface area (Å²) in [6.45, 7) is 3.73. The Morgan fingerprint density at radius 1 is 1.57 bits per heavy atom. The summed E-state index contributed by atoms with van der Waals surface area (Å²) in [6.07, 6.45) is 0.745. The van der Waals surface area contributed by atoms with E-state index >= 15 is 0 Å². The molecular formula is C4H12O2V. The van der Waals surface area contributed by atoms with Crippen LogP contribution in [-0.2, 0) is 18.6 Å². The standard InChI is InChI=1S/C4H10O.H2O.V/c1-3-4(2)5;;/h4-5H,3H2,1-2H3;1H2;. The van der Waals surface area contributed by atoms with E-state index in [1.54, 1.807) is 6.92 Å². The summed E-state index contributed by atoms with van der Waals surface area (Å²) in [6, 6.07) is 0. The van der Waals surface area contributed by atoms with Gasteiger partial charge in [0.15, 0.2) is 0 Å². The zero-order valence-corrected chi connectivity index (χ0v) is 6.08. The van der Waals surface area contributed by atoms with E-state index in [9.17, 15) is 0 Å². The Morgan fingerprint density at radius 2 is 1.71 bits per heavy atom. The minimum Gasteiger partial charge on any atom is -0.412 e. The van der Waals surface area contributed by atoms with Crippen molar-refractivity contribution < 1.29 is 29.1 Å². The maximum atomic E-state index is 8.36. The molecule has 0 bridgehead atoms. The van der Waals surface area contributed by atoms with Gasteiger partial charge in [0.1, 0.15) is 0 Å². The van der Waals surface area contributed by atoms with E-state index in [4.69, 9.17) is 5.11 Å². The fourth-order valence-corrected chi connectivity index (χ4v) is 0. The number of hydrogen-bond acceptors (Lipinski definition) is 1. The van der Waals surface area contributed by atoms with Crippen molar-refractivity contribution >= 4 is 0 Å². The summed E-state index contributed by atoms with van der Waals surface area (Å²) in [5.74, 6) is 0. The molecule has 0 aliphatic carbocycles. The van der Waals surface area contributed by atoms with Crippen LogP contribution in [0.3, 0.4) is 0 Å². The summed E-state index contributed by atoms with van der Waals surface area (Å²) >= 11 is 0. The van der Waals surface area contributed by atoms with Gasteiger partial charge in [0, 0.05) is 18.6 Å². The van der Waals surface area contributed by atoms with Crippen molar-refractivity contribution in [3.8, 4) is 0 Å². The Balaban J connectivity index is -0.0000000800. The minimum atomic E-state index is -0.116. The van der Waals surface area contributed by atoms with Crippen molar-refractivity contribution in [3.05, 3.63) is 0 Å². The molecule has 0 aliphatic heterocycles. The first-order valence-electron chi connectivity index (χ1n) is 1.95. The molecule has 7 heavy (non-hydrogen) atoms. The van der Waals surface area contributed by atoms with Crippen LogP contribution in [0, 0.1) is 0 Å². The molecule has 0 saturated heterocycles. The normalized spacial score (nSPS) is 10.7. The van der Waals surface area contributed by atoms with Gasteiger partial charge in [0.05, 0.1) is 6.10 Å². The van der Waals surface area contributed by atoms with E-state index < -0.39 is 0 Å². The first kappa shape index (κ1) is 15.6. The predicted molar refractivity (Wildman–Crippen MR) is 25.6 cm³/mol. The van der Waals surface area contributed by atoms with Crippen molar-refractivity contribution in [1.82, 2.24) is 0 Å². The van der Waals surface area contributed by atoms with Crippen LogP contribution < -0.4 is 0 Å². The van der Waals surface area contributed by atoms with Gasteiger partial charge in [-0.25, -0.2) is 0 Å². The van der Waals surface area contributed by atoms with Gasteiger partial charge in [0.2, 0.25) is 0 Å². The third-order valence-corrected chi connectivity index (χ3v) is 0.591. The Morgan fingerprint density at radius 3 is 1.71 bits per heavy atom. The van der Waals surface area contributed by atoms with Gasteiger partial charge in [-0.1, -0.05) is 6.92 Å². The monoisotopic (exact) mass is 143 g/mol. The second kappa shape index (κ2) is 9.71. The summed E-state index contributed by atoms with van der Waals surface area (Å²) in [4.78, 5) is 0. The molecule has 0 rings (SSSR count). The van der Waals surface area contributed by atoms with E-state index in [0.29, 0.717) is 0 Å². The van der Waals surface area contributed by atoms with E-state index in [1.165, 1.54) is 0 Å². The van der Waals surface area contributed by atoms with E-state index in [0.717, 1.165) is 6.42 Å². The van der Waals surface area contributed by atoms with Gasteiger partial charge in [0.25, 0.3) is 0 Å². The Kier molecular flexibility index (Phi) is 21.7. The average molecular weight is 143 g/mol. The SMILES string of the molecule is CCC(C)O.O.[V]. The largest absolute Gasteiger partial charge is 0.412 e. The molecule has 0 heterocycles. The third-order valence-electron chi connectivity index (χ3n) is 0.591. The molecule has 3 N–H and O–H groups in total. The fraction of sp³-hybridized carbons (Fsp3) is 1.00. The number of hydrogen-bond donors (Lipinski definition) is 1. The van der Waals surface area contributed by atoms with Crippen LogP contribution in [0.2, 0.25) is 0 Å². The van der Waals surface area contributed by atoms with Crippen molar-refractivity contribution in [1.29, 1.82) is 0 Å². The Hall–Kier alpha value is 0.504. The number of aliphatic hydroxyl groups excluding tert-OH is 1. The number of rotatable bonds is 1. The second-order valence-electron chi connectivity index (χ2n) is 1.26. The molecule has 1 atom stereocenters. The zero-order chi connectivity index (χ0) is 4.28. The predicted octanol–water partition coefficient (Wildman–Crippen LogP) is -0.0500. The topological polar surface area (TPSA) is 51.7 Å². The Labute approximate surface area is 56.1 Å². The molecule has 0 saturated carbocycles. The second-order valence-corrected chi connectivity index (χ2v) is 1.26. The molecule has 2 nitrogen and oxygen atoms in total. The molecule has 0 aromatic heterocycles.